The van der Waals surface area contributed by atoms with Crippen molar-refractivity contribution in [2.24, 2.45) is 12.2 Å². The number of anilines is 1. The fourth-order valence-corrected chi connectivity index (χ4v) is 6.42. The molecule has 0 bridgehead atoms. The summed E-state index contributed by atoms with van der Waals surface area (Å²) in [4.78, 5) is 59.3. The van der Waals surface area contributed by atoms with E-state index in [1.165, 1.54) is 28.9 Å². The Kier molecular flexibility index (Phi) is 7.99. The molecule has 0 aromatic carbocycles. The van der Waals surface area contributed by atoms with Gasteiger partial charge in [-0.05, 0) is 5.57 Å². The Morgan fingerprint density at radius 3 is 2.76 bits per heavy atom. The Morgan fingerprint density at radius 1 is 1.41 bits per heavy atom. The summed E-state index contributed by atoms with van der Waals surface area (Å²) in [5.41, 5.74) is 5.63. The number of aliphatic carboxylic acids is 2. The molecule has 0 aliphatic carbocycles. The van der Waals surface area contributed by atoms with Crippen LogP contribution in [-0.2, 0) is 31.1 Å². The highest BCUT2D eigenvalue weighted by Gasteiger charge is 2.53. The molecule has 2 amide bonds. The highest BCUT2D eigenvalue weighted by atomic mass is 32.2. The number of hydrogen-bond donors (Lipinski definition) is 3. The number of oxime groups is 1. The Morgan fingerprint density at radius 2 is 2.14 bits per heavy atom. The van der Waals surface area contributed by atoms with Gasteiger partial charge < -0.3 is 30.9 Å². The van der Waals surface area contributed by atoms with Crippen molar-refractivity contribution in [3.05, 3.63) is 46.9 Å². The quantitative estimate of drug-likeness (QED) is 0.101. The summed E-state index contributed by atoms with van der Waals surface area (Å²) < 4.78 is 1.88. The standard InChI is InChI=1S/C21H20N6O7S3/c1-26-4-2-11(3-5-26)35-7-10-8-36-19-15(18(31)27(19)16(10)20(32)33)24-17(30)14(25-34-6-13(28)29)12-9-37-21(22)23-12/h2-5,9,15,19H,6-8H2,1H3,(H4-,22,23,24,28,29,30,32,33)/b25-14+/t15-,19-/m1/s1. The zero-order chi connectivity index (χ0) is 26.7. The number of carbonyl (C=O) groups is 4. The van der Waals surface area contributed by atoms with E-state index < -0.39 is 41.8 Å². The SMILES string of the molecule is C[n+]1ccc(SCC2=C(C(=O)[O-])N3C(=O)[C@@H](NC(=O)/C(=N/OCC(=O)O)c4csc(N)n4)[C@H]3SC2)cc1. The van der Waals surface area contributed by atoms with Gasteiger partial charge in [-0.15, -0.1) is 34.9 Å². The third-order valence-corrected chi connectivity index (χ3v) is 8.32. The highest BCUT2D eigenvalue weighted by molar-refractivity contribution is 8.01. The molecule has 4 heterocycles. The first-order valence-electron chi connectivity index (χ1n) is 10.6. The van der Waals surface area contributed by atoms with E-state index in [-0.39, 0.29) is 22.2 Å². The van der Waals surface area contributed by atoms with Crippen molar-refractivity contribution in [3.8, 4) is 0 Å². The number of nitrogens with two attached hydrogens (primary N) is 1. The smallest absolute Gasteiger partial charge is 0.344 e. The molecular weight excluding hydrogens is 544 g/mol. The number of pyridine rings is 1. The van der Waals surface area contributed by atoms with Gasteiger partial charge >= 0.3 is 5.97 Å². The van der Waals surface area contributed by atoms with Crippen LogP contribution in [-0.4, -0.2) is 74.0 Å². The lowest BCUT2D eigenvalue weighted by Gasteiger charge is -2.50. The van der Waals surface area contributed by atoms with Gasteiger partial charge in [0.25, 0.3) is 11.8 Å². The number of β-lactam (4-membered cyclic amide) rings is 1. The van der Waals surface area contributed by atoms with E-state index >= 15 is 0 Å². The Bertz CT molecular complexity index is 1310. The van der Waals surface area contributed by atoms with E-state index in [0.29, 0.717) is 17.1 Å². The number of aryl methyl sites for hydroxylation is 1. The van der Waals surface area contributed by atoms with E-state index in [9.17, 15) is 24.3 Å². The van der Waals surface area contributed by atoms with Crippen molar-refractivity contribution >= 4 is 69.5 Å². The Balaban J connectivity index is 1.48. The van der Waals surface area contributed by atoms with Crippen LogP contribution in [0.25, 0.3) is 0 Å². The van der Waals surface area contributed by atoms with Crippen LogP contribution < -0.4 is 20.7 Å². The summed E-state index contributed by atoms with van der Waals surface area (Å²) in [6.07, 6.45) is 3.75. The molecule has 0 saturated carbocycles. The lowest BCUT2D eigenvalue weighted by molar-refractivity contribution is -0.671. The first kappa shape index (κ1) is 26.4. The van der Waals surface area contributed by atoms with Crippen LogP contribution in [0.15, 0.2) is 51.2 Å². The average molecular weight is 565 g/mol. The van der Waals surface area contributed by atoms with Gasteiger partial charge in [-0.25, -0.2) is 14.3 Å². The third-order valence-electron chi connectivity index (χ3n) is 5.21. The van der Waals surface area contributed by atoms with E-state index in [2.05, 4.69) is 15.5 Å². The van der Waals surface area contributed by atoms with Crippen molar-refractivity contribution < 1.29 is 38.8 Å². The van der Waals surface area contributed by atoms with Gasteiger partial charge in [-0.1, -0.05) is 5.16 Å². The summed E-state index contributed by atoms with van der Waals surface area (Å²) in [5, 5.41) is 27.7. The minimum Gasteiger partial charge on any atom is -0.543 e. The Hall–Kier alpha value is -3.63. The number of carboxylic acid groups (broad SMARTS) is 2. The van der Waals surface area contributed by atoms with Gasteiger partial charge in [-0.3, -0.25) is 14.5 Å². The monoisotopic (exact) mass is 564 g/mol. The topological polar surface area (TPSA) is 191 Å². The van der Waals surface area contributed by atoms with Gasteiger partial charge in [0.05, 0.1) is 11.7 Å². The second kappa shape index (κ2) is 11.2. The molecule has 0 radical (unpaired) electrons. The first-order valence-corrected chi connectivity index (χ1v) is 13.5. The minimum absolute atomic E-state index is 0.0365. The molecule has 4 rings (SSSR count). The molecule has 0 unspecified atom stereocenters. The zero-order valence-corrected chi connectivity index (χ0v) is 21.6. The number of aromatic nitrogens is 2. The van der Waals surface area contributed by atoms with Gasteiger partial charge in [0, 0.05) is 33.9 Å². The first-order chi connectivity index (χ1) is 17.7. The van der Waals surface area contributed by atoms with Crippen molar-refractivity contribution in [2.75, 3.05) is 23.8 Å². The molecule has 4 N–H and O–H groups in total. The second-order valence-corrected chi connectivity index (χ2v) is 10.8. The number of carboxylic acids is 2. The number of amides is 2. The molecule has 1 saturated heterocycles. The van der Waals surface area contributed by atoms with E-state index in [1.54, 1.807) is 0 Å². The van der Waals surface area contributed by atoms with Crippen molar-refractivity contribution in [1.82, 2.24) is 15.2 Å². The number of thioether (sulfide) groups is 2. The molecule has 16 heteroatoms. The molecule has 194 valence electrons. The molecule has 1 fully saturated rings. The number of rotatable bonds is 10. The van der Waals surface area contributed by atoms with Gasteiger partial charge in [0.15, 0.2) is 23.2 Å². The van der Waals surface area contributed by atoms with Gasteiger partial charge in [0.1, 0.15) is 24.2 Å². The molecule has 2 aromatic heterocycles. The third kappa shape index (κ3) is 5.86. The molecule has 2 aliphatic heterocycles. The van der Waals surface area contributed by atoms with Crippen LogP contribution >= 0.6 is 34.9 Å². The fourth-order valence-electron chi connectivity index (χ4n) is 3.50. The van der Waals surface area contributed by atoms with Crippen LogP contribution in [0, 0.1) is 0 Å². The van der Waals surface area contributed by atoms with Crippen LogP contribution in [0.4, 0.5) is 5.13 Å². The molecule has 2 atom stereocenters. The van der Waals surface area contributed by atoms with Crippen molar-refractivity contribution in [3.63, 3.8) is 0 Å². The summed E-state index contributed by atoms with van der Waals surface area (Å²) in [7, 11) is 1.89. The molecule has 0 spiro atoms. The molecule has 13 nitrogen and oxygen atoms in total. The predicted octanol–water partition coefficient (Wildman–Crippen LogP) is -1.45. The number of carbonyl (C=O) groups excluding carboxylic acids is 3. The van der Waals surface area contributed by atoms with Crippen molar-refractivity contribution in [2.45, 2.75) is 16.3 Å². The van der Waals surface area contributed by atoms with Crippen LogP contribution in [0.1, 0.15) is 5.69 Å². The van der Waals surface area contributed by atoms with Crippen molar-refractivity contribution in [1.29, 1.82) is 0 Å². The van der Waals surface area contributed by atoms with Crippen LogP contribution in [0.2, 0.25) is 0 Å². The summed E-state index contributed by atoms with van der Waals surface area (Å²) in [6, 6.07) is 2.76. The molecular formula is C21H20N6O7S3. The number of thiazole rings is 1. The highest BCUT2D eigenvalue weighted by Crippen LogP contribution is 2.41. The maximum absolute atomic E-state index is 13.0. The lowest BCUT2D eigenvalue weighted by atomic mass is 10.0. The molecule has 37 heavy (non-hydrogen) atoms. The maximum atomic E-state index is 13.0. The largest absolute Gasteiger partial charge is 0.543 e. The van der Waals surface area contributed by atoms with Gasteiger partial charge in [0.2, 0.25) is 6.61 Å². The van der Waals surface area contributed by atoms with E-state index in [1.807, 2.05) is 36.1 Å². The number of hydrogen-bond acceptors (Lipinski definition) is 12. The maximum Gasteiger partial charge on any atom is 0.344 e. The van der Waals surface area contributed by atoms with E-state index in [4.69, 9.17) is 15.7 Å². The minimum atomic E-state index is -1.47. The molecule has 2 aliphatic rings. The number of nitrogen functional groups attached to an aromatic ring is 1. The summed E-state index contributed by atoms with van der Waals surface area (Å²) in [5.74, 6) is -3.58. The summed E-state index contributed by atoms with van der Waals surface area (Å²) in [6.45, 7) is -0.799. The normalized spacial score (nSPS) is 19.2. The summed E-state index contributed by atoms with van der Waals surface area (Å²) >= 11 is 3.78. The number of nitrogens with one attached hydrogen (secondary N) is 1. The fraction of sp³-hybridized carbons (Fsp3) is 0.286. The zero-order valence-electron chi connectivity index (χ0n) is 19.2. The van der Waals surface area contributed by atoms with Crippen LogP contribution in [0.3, 0.4) is 0 Å². The molecule has 2 aromatic rings. The average Bonchev–Trinajstić information content (AvgIpc) is 3.29. The number of nitrogens with zero attached hydrogens (tertiary/aromatic N) is 4. The number of fused-ring (bicyclic) bond motifs is 1. The lowest BCUT2D eigenvalue weighted by Crippen LogP contribution is -2.71. The Labute approximate surface area is 222 Å². The van der Waals surface area contributed by atoms with Gasteiger partial charge in [-0.2, -0.15) is 0 Å². The predicted molar refractivity (Wildman–Crippen MR) is 132 cm³/mol. The van der Waals surface area contributed by atoms with E-state index in [0.717, 1.165) is 21.1 Å². The van der Waals surface area contributed by atoms with Crippen LogP contribution in [0.5, 0.6) is 0 Å². The second-order valence-electron chi connectivity index (χ2n) is 7.77.